The fourth-order valence-corrected chi connectivity index (χ4v) is 3.05. The summed E-state index contributed by atoms with van der Waals surface area (Å²) >= 11 is 1.91. The molecular weight excluding hydrogens is 238 g/mol. The highest BCUT2D eigenvalue weighted by atomic mass is 35.5. The molecular formula is C13H18ClNS. The Morgan fingerprint density at radius 2 is 2.00 bits per heavy atom. The molecule has 0 saturated heterocycles. The van der Waals surface area contributed by atoms with E-state index in [1.165, 1.54) is 33.6 Å². The molecule has 0 bridgehead atoms. The predicted molar refractivity (Wildman–Crippen MR) is 66.4 cm³/mol. The van der Waals surface area contributed by atoms with Crippen LogP contribution in [0.3, 0.4) is 0 Å². The fourth-order valence-electron chi connectivity index (χ4n) is 1.90. The van der Waals surface area contributed by atoms with Crippen molar-refractivity contribution in [3.63, 3.8) is 0 Å². The molecule has 2 rings (SSSR count). The number of aromatic nitrogens is 1. The van der Waals surface area contributed by atoms with Gasteiger partial charge in [-0.3, -0.25) is 0 Å². The second-order valence-corrected chi connectivity index (χ2v) is 5.33. The lowest BCUT2D eigenvalue weighted by molar-refractivity contribution is -0.673. The molecule has 0 aliphatic rings. The average Bonchev–Trinajstić information content (AvgIpc) is 2.50. The van der Waals surface area contributed by atoms with Gasteiger partial charge in [-0.05, 0) is 18.6 Å². The Labute approximate surface area is 108 Å². The third kappa shape index (κ3) is 2.55. The predicted octanol–water partition coefficient (Wildman–Crippen LogP) is 0.610. The molecule has 1 aromatic carbocycles. The molecule has 2 aromatic rings. The molecule has 88 valence electrons. The molecule has 0 aliphatic heterocycles. The minimum Gasteiger partial charge on any atom is -1.00 e. The molecule has 1 aromatic heterocycles. The van der Waals surface area contributed by atoms with Gasteiger partial charge in [0.05, 0.1) is 0 Å². The summed E-state index contributed by atoms with van der Waals surface area (Å²) in [5.74, 6) is 0. The topological polar surface area (TPSA) is 3.88 Å². The lowest BCUT2D eigenvalue weighted by Crippen LogP contribution is -3.00. The van der Waals surface area contributed by atoms with Gasteiger partial charge in [0.1, 0.15) is 11.2 Å². The van der Waals surface area contributed by atoms with E-state index in [0.717, 1.165) is 6.54 Å². The minimum atomic E-state index is 0. The smallest absolute Gasteiger partial charge is 0.235 e. The van der Waals surface area contributed by atoms with E-state index in [2.05, 4.69) is 43.5 Å². The number of hydrogen-bond donors (Lipinski definition) is 0. The molecule has 16 heavy (non-hydrogen) atoms. The summed E-state index contributed by atoms with van der Waals surface area (Å²) in [5.41, 5.74) is 2.75. The summed E-state index contributed by atoms with van der Waals surface area (Å²) in [6, 6.07) is 6.75. The Bertz CT molecular complexity index is 476. The number of rotatable bonds is 3. The number of aryl methyl sites for hydroxylation is 3. The van der Waals surface area contributed by atoms with Gasteiger partial charge in [0.2, 0.25) is 10.5 Å². The van der Waals surface area contributed by atoms with E-state index < -0.39 is 0 Å². The minimum absolute atomic E-state index is 0. The van der Waals surface area contributed by atoms with Crippen LogP contribution < -0.4 is 17.0 Å². The van der Waals surface area contributed by atoms with Gasteiger partial charge >= 0.3 is 0 Å². The van der Waals surface area contributed by atoms with Crippen LogP contribution in [-0.4, -0.2) is 0 Å². The summed E-state index contributed by atoms with van der Waals surface area (Å²) in [6.45, 7) is 7.78. The van der Waals surface area contributed by atoms with Crippen molar-refractivity contribution in [3.8, 4) is 0 Å². The van der Waals surface area contributed by atoms with Crippen LogP contribution in [0, 0.1) is 13.8 Å². The maximum Gasteiger partial charge on any atom is 0.235 e. The van der Waals surface area contributed by atoms with Crippen LogP contribution in [0.25, 0.3) is 10.2 Å². The van der Waals surface area contributed by atoms with Gasteiger partial charge in [-0.15, -0.1) is 0 Å². The van der Waals surface area contributed by atoms with Crippen molar-refractivity contribution < 1.29 is 17.0 Å². The molecule has 0 fully saturated rings. The lowest BCUT2D eigenvalue weighted by Gasteiger charge is -1.95. The fraction of sp³-hybridized carbons (Fsp3) is 0.462. The summed E-state index contributed by atoms with van der Waals surface area (Å²) in [7, 11) is 0. The second kappa shape index (κ2) is 5.65. The van der Waals surface area contributed by atoms with Crippen LogP contribution in [0.1, 0.15) is 30.3 Å². The third-order valence-corrected chi connectivity index (χ3v) is 3.84. The zero-order chi connectivity index (χ0) is 10.8. The first-order valence-electron chi connectivity index (χ1n) is 5.62. The number of nitrogens with zero attached hydrogens (tertiary/aromatic N) is 1. The highest BCUT2D eigenvalue weighted by molar-refractivity contribution is 7.18. The van der Waals surface area contributed by atoms with Gasteiger partial charge in [-0.25, -0.2) is 0 Å². The SMILES string of the molecule is CCCC[n+]1c(C)sc2cc(C)ccc21.[Cl-]. The molecule has 0 aliphatic carbocycles. The Morgan fingerprint density at radius 1 is 1.25 bits per heavy atom. The molecule has 0 N–H and O–H groups in total. The molecule has 0 saturated carbocycles. The Balaban J connectivity index is 0.00000128. The van der Waals surface area contributed by atoms with Gasteiger partial charge < -0.3 is 12.4 Å². The number of unbranched alkanes of at least 4 members (excludes halogenated alkanes) is 1. The van der Waals surface area contributed by atoms with Crippen LogP contribution in [-0.2, 0) is 6.54 Å². The number of hydrogen-bond acceptors (Lipinski definition) is 1. The van der Waals surface area contributed by atoms with Crippen molar-refractivity contribution in [2.45, 2.75) is 40.2 Å². The third-order valence-electron chi connectivity index (χ3n) is 2.78. The van der Waals surface area contributed by atoms with Gasteiger partial charge in [0.15, 0.2) is 0 Å². The second-order valence-electron chi connectivity index (χ2n) is 4.10. The van der Waals surface area contributed by atoms with Crippen LogP contribution >= 0.6 is 11.3 Å². The van der Waals surface area contributed by atoms with E-state index in [1.807, 2.05) is 11.3 Å². The Morgan fingerprint density at radius 3 is 2.69 bits per heavy atom. The summed E-state index contributed by atoms with van der Waals surface area (Å²) in [5, 5.41) is 1.42. The van der Waals surface area contributed by atoms with E-state index in [1.54, 1.807) is 0 Å². The first-order valence-corrected chi connectivity index (χ1v) is 6.43. The van der Waals surface area contributed by atoms with Gasteiger partial charge in [0, 0.05) is 19.4 Å². The summed E-state index contributed by atoms with van der Waals surface area (Å²) in [6.07, 6.45) is 2.53. The van der Waals surface area contributed by atoms with Gasteiger partial charge in [0.25, 0.3) is 0 Å². The van der Waals surface area contributed by atoms with E-state index in [9.17, 15) is 0 Å². The van der Waals surface area contributed by atoms with Crippen molar-refractivity contribution in [1.82, 2.24) is 0 Å². The zero-order valence-corrected chi connectivity index (χ0v) is 11.7. The largest absolute Gasteiger partial charge is 1.00 e. The monoisotopic (exact) mass is 255 g/mol. The molecule has 1 nitrogen and oxygen atoms in total. The maximum atomic E-state index is 2.45. The quantitative estimate of drug-likeness (QED) is 0.708. The molecule has 0 spiro atoms. The molecule has 0 amide bonds. The molecule has 1 heterocycles. The first-order chi connectivity index (χ1) is 7.22. The lowest BCUT2D eigenvalue weighted by atomic mass is 10.2. The highest BCUT2D eigenvalue weighted by Gasteiger charge is 2.15. The zero-order valence-electron chi connectivity index (χ0n) is 10.1. The van der Waals surface area contributed by atoms with Crippen molar-refractivity contribution in [2.75, 3.05) is 0 Å². The Kier molecular flexibility index (Phi) is 4.75. The standard InChI is InChI=1S/C13H18NS.ClH/c1-4-5-8-14-11(3)15-13-9-10(2)6-7-12(13)14;/h6-7,9H,4-5,8H2,1-3H3;1H/q+1;/p-1. The van der Waals surface area contributed by atoms with Crippen LogP contribution in [0.15, 0.2) is 18.2 Å². The summed E-state index contributed by atoms with van der Waals surface area (Å²) in [4.78, 5) is 0. The van der Waals surface area contributed by atoms with Gasteiger partial charge in [-0.1, -0.05) is 30.7 Å². The van der Waals surface area contributed by atoms with Crippen LogP contribution in [0.2, 0.25) is 0 Å². The molecule has 3 heteroatoms. The van der Waals surface area contributed by atoms with Crippen molar-refractivity contribution in [1.29, 1.82) is 0 Å². The van der Waals surface area contributed by atoms with E-state index >= 15 is 0 Å². The summed E-state index contributed by atoms with van der Waals surface area (Å²) < 4.78 is 3.87. The van der Waals surface area contributed by atoms with E-state index in [0.29, 0.717) is 0 Å². The number of halogens is 1. The molecule has 0 atom stereocenters. The number of benzene rings is 1. The van der Waals surface area contributed by atoms with Crippen LogP contribution in [0.5, 0.6) is 0 Å². The highest BCUT2D eigenvalue weighted by Crippen LogP contribution is 2.21. The number of fused-ring (bicyclic) bond motifs is 1. The van der Waals surface area contributed by atoms with Crippen LogP contribution in [0.4, 0.5) is 0 Å². The normalized spacial score (nSPS) is 10.4. The van der Waals surface area contributed by atoms with Crippen molar-refractivity contribution in [2.24, 2.45) is 0 Å². The van der Waals surface area contributed by atoms with E-state index in [4.69, 9.17) is 0 Å². The van der Waals surface area contributed by atoms with Gasteiger partial charge in [-0.2, -0.15) is 4.57 Å². The molecule has 0 unspecified atom stereocenters. The maximum absolute atomic E-state index is 2.45. The van der Waals surface area contributed by atoms with Crippen molar-refractivity contribution in [3.05, 3.63) is 28.8 Å². The van der Waals surface area contributed by atoms with E-state index in [-0.39, 0.29) is 12.4 Å². The Hall–Kier alpha value is -0.600. The first kappa shape index (κ1) is 13.5. The average molecular weight is 256 g/mol. The number of thiazole rings is 1. The molecule has 0 radical (unpaired) electrons. The van der Waals surface area contributed by atoms with Crippen molar-refractivity contribution >= 4 is 21.6 Å².